The van der Waals surface area contributed by atoms with Crippen molar-refractivity contribution in [3.05, 3.63) is 218 Å². The van der Waals surface area contributed by atoms with E-state index in [1.165, 1.54) is 104 Å². The lowest BCUT2D eigenvalue weighted by Crippen LogP contribution is -1.92. The van der Waals surface area contributed by atoms with E-state index >= 15 is 0 Å². The van der Waals surface area contributed by atoms with Crippen LogP contribution in [-0.4, -0.2) is 9.38 Å². The van der Waals surface area contributed by atoms with Crippen molar-refractivity contribution in [1.82, 2.24) is 9.38 Å². The molecule has 0 atom stereocenters. The molecule has 0 amide bonds. The van der Waals surface area contributed by atoms with Crippen LogP contribution in [0.15, 0.2) is 218 Å². The quantitative estimate of drug-likeness (QED) is 0.129. The Morgan fingerprint density at radius 2 is 0.738 bits per heavy atom. The van der Waals surface area contributed by atoms with Gasteiger partial charge in [0.25, 0.3) is 0 Å². The highest BCUT2D eigenvalue weighted by Gasteiger charge is 2.19. The molecule has 0 bridgehead atoms. The van der Waals surface area contributed by atoms with Crippen molar-refractivity contribution in [1.29, 1.82) is 0 Å². The molecule has 282 valence electrons. The molecule has 61 heavy (non-hydrogen) atoms. The van der Waals surface area contributed by atoms with Gasteiger partial charge in [-0.3, -0.25) is 4.40 Å². The molecule has 11 aromatic carbocycles. The van der Waals surface area contributed by atoms with E-state index in [0.717, 1.165) is 22.1 Å². The standard InChI is InChI=1S/C59H36N2/c1-3-14-39-33-45(26-24-37(39)12-1)57-48-19-5-6-20-49(48)58(46-27-25-38-13-2-4-15-40(38)34-46)53-36-44(28-30-50(53)57)42-17-11-16-41(32-42)43-29-31-51-52(35-43)47-18-7-9-22-55(47)61-56-23-10-8-21-54(56)60-59(51)61/h1-36H. The number of pyridine rings is 1. The van der Waals surface area contributed by atoms with Gasteiger partial charge < -0.3 is 0 Å². The minimum atomic E-state index is 0.990. The number of rotatable bonds is 4. The molecule has 0 radical (unpaired) electrons. The molecule has 0 unspecified atom stereocenters. The maximum Gasteiger partial charge on any atom is 0.146 e. The van der Waals surface area contributed by atoms with Crippen LogP contribution < -0.4 is 0 Å². The molecule has 0 N–H and O–H groups in total. The second-order valence-electron chi connectivity index (χ2n) is 16.3. The van der Waals surface area contributed by atoms with Gasteiger partial charge in [0.05, 0.1) is 16.6 Å². The predicted octanol–water partition coefficient (Wildman–Crippen LogP) is 16.1. The first-order chi connectivity index (χ1) is 30.2. The van der Waals surface area contributed by atoms with E-state index in [-0.39, 0.29) is 0 Å². The number of imidazole rings is 1. The molecule has 0 aliphatic carbocycles. The summed E-state index contributed by atoms with van der Waals surface area (Å²) in [6, 6.07) is 80.3. The van der Waals surface area contributed by atoms with E-state index < -0.39 is 0 Å². The monoisotopic (exact) mass is 772 g/mol. The Bertz CT molecular complexity index is 3950. The zero-order valence-corrected chi connectivity index (χ0v) is 33.2. The molecule has 0 fully saturated rings. The summed E-state index contributed by atoms with van der Waals surface area (Å²) in [7, 11) is 0. The van der Waals surface area contributed by atoms with Gasteiger partial charge in [-0.25, -0.2) is 4.98 Å². The molecular formula is C59H36N2. The van der Waals surface area contributed by atoms with Gasteiger partial charge in [0, 0.05) is 10.8 Å². The molecule has 2 heteroatoms. The Hall–Kier alpha value is -8.07. The van der Waals surface area contributed by atoms with E-state index in [1.807, 2.05) is 0 Å². The summed E-state index contributed by atoms with van der Waals surface area (Å²) in [5, 5.41) is 13.6. The molecule has 0 spiro atoms. The number of hydrogen-bond donors (Lipinski definition) is 0. The van der Waals surface area contributed by atoms with Gasteiger partial charge in [-0.1, -0.05) is 164 Å². The summed E-state index contributed by atoms with van der Waals surface area (Å²) in [6.07, 6.45) is 0. The van der Waals surface area contributed by atoms with Gasteiger partial charge >= 0.3 is 0 Å². The normalized spacial score (nSPS) is 11.9. The zero-order chi connectivity index (χ0) is 40.0. The lowest BCUT2D eigenvalue weighted by Gasteiger charge is -2.19. The highest BCUT2D eigenvalue weighted by atomic mass is 15.0. The van der Waals surface area contributed by atoms with Crippen molar-refractivity contribution < 1.29 is 0 Å². The van der Waals surface area contributed by atoms with Crippen LogP contribution in [0, 0.1) is 0 Å². The van der Waals surface area contributed by atoms with Crippen LogP contribution in [0.3, 0.4) is 0 Å². The summed E-state index contributed by atoms with van der Waals surface area (Å²) in [5.74, 6) is 0. The zero-order valence-electron chi connectivity index (χ0n) is 33.2. The second kappa shape index (κ2) is 13.2. The summed E-state index contributed by atoms with van der Waals surface area (Å²) in [6.45, 7) is 0. The molecule has 0 aliphatic heterocycles. The predicted molar refractivity (Wildman–Crippen MR) is 259 cm³/mol. The van der Waals surface area contributed by atoms with Gasteiger partial charge in [-0.15, -0.1) is 0 Å². The molecule has 2 heterocycles. The number of para-hydroxylation sites is 3. The molecule has 13 aromatic rings. The van der Waals surface area contributed by atoms with Crippen molar-refractivity contribution in [3.8, 4) is 44.5 Å². The average molecular weight is 773 g/mol. The smallest absolute Gasteiger partial charge is 0.146 e. The van der Waals surface area contributed by atoms with E-state index in [9.17, 15) is 0 Å². The van der Waals surface area contributed by atoms with Crippen LogP contribution in [0.5, 0.6) is 0 Å². The van der Waals surface area contributed by atoms with E-state index in [4.69, 9.17) is 4.98 Å². The molecule has 2 aromatic heterocycles. The lowest BCUT2D eigenvalue weighted by atomic mass is 9.84. The van der Waals surface area contributed by atoms with Gasteiger partial charge in [0.1, 0.15) is 5.65 Å². The van der Waals surface area contributed by atoms with Crippen molar-refractivity contribution in [2.75, 3.05) is 0 Å². The highest BCUT2D eigenvalue weighted by Crippen LogP contribution is 2.46. The van der Waals surface area contributed by atoms with Crippen LogP contribution in [0.4, 0.5) is 0 Å². The third-order valence-electron chi connectivity index (χ3n) is 12.9. The number of fused-ring (bicyclic) bond motifs is 12. The molecule has 0 saturated heterocycles. The van der Waals surface area contributed by atoms with Crippen LogP contribution >= 0.6 is 0 Å². The molecule has 13 rings (SSSR count). The first kappa shape index (κ1) is 33.9. The number of nitrogens with zero attached hydrogens (tertiary/aromatic N) is 2. The Kier molecular flexibility index (Phi) is 7.34. The SMILES string of the molecule is c1cc(-c2ccc3c(-c4ccc5ccccc5c4)c4ccccc4c(-c4ccc5ccccc5c4)c3c2)cc(-c2ccc3c(c2)c2ccccc2n2c4ccccc4nc32)c1. The van der Waals surface area contributed by atoms with Crippen molar-refractivity contribution in [2.45, 2.75) is 0 Å². The van der Waals surface area contributed by atoms with Crippen molar-refractivity contribution >= 4 is 81.4 Å². The number of benzene rings is 11. The minimum absolute atomic E-state index is 0.990. The van der Waals surface area contributed by atoms with Crippen LogP contribution in [0.25, 0.3) is 126 Å². The summed E-state index contributed by atoms with van der Waals surface area (Å²) in [4.78, 5) is 5.14. The van der Waals surface area contributed by atoms with E-state index in [1.54, 1.807) is 0 Å². The van der Waals surface area contributed by atoms with Crippen molar-refractivity contribution in [3.63, 3.8) is 0 Å². The molecule has 0 saturated carbocycles. The van der Waals surface area contributed by atoms with Crippen LogP contribution in [0.2, 0.25) is 0 Å². The molecule has 0 aliphatic rings. The fraction of sp³-hybridized carbons (Fsp3) is 0. The average Bonchev–Trinajstić information content (AvgIpc) is 3.73. The van der Waals surface area contributed by atoms with Crippen molar-refractivity contribution in [2.24, 2.45) is 0 Å². The van der Waals surface area contributed by atoms with Gasteiger partial charge in [-0.05, 0) is 148 Å². The first-order valence-electron chi connectivity index (χ1n) is 21.0. The highest BCUT2D eigenvalue weighted by molar-refractivity contribution is 6.23. The maximum absolute atomic E-state index is 5.14. The third-order valence-corrected chi connectivity index (χ3v) is 12.9. The fourth-order valence-electron chi connectivity index (χ4n) is 10.0. The fourth-order valence-corrected chi connectivity index (χ4v) is 10.0. The Morgan fingerprint density at radius 1 is 0.262 bits per heavy atom. The van der Waals surface area contributed by atoms with Gasteiger partial charge in [-0.2, -0.15) is 0 Å². The third kappa shape index (κ3) is 5.26. The molecule has 2 nitrogen and oxygen atoms in total. The number of hydrogen-bond acceptors (Lipinski definition) is 1. The van der Waals surface area contributed by atoms with E-state index in [0.29, 0.717) is 0 Å². The largest absolute Gasteiger partial charge is 0.292 e. The lowest BCUT2D eigenvalue weighted by molar-refractivity contribution is 1.31. The van der Waals surface area contributed by atoms with Gasteiger partial charge in [0.15, 0.2) is 0 Å². The van der Waals surface area contributed by atoms with Gasteiger partial charge in [0.2, 0.25) is 0 Å². The van der Waals surface area contributed by atoms with E-state index in [2.05, 4.69) is 223 Å². The second-order valence-corrected chi connectivity index (χ2v) is 16.3. The Morgan fingerprint density at radius 3 is 1.41 bits per heavy atom. The summed E-state index contributed by atoms with van der Waals surface area (Å²) < 4.78 is 2.31. The van der Waals surface area contributed by atoms with Crippen LogP contribution in [0.1, 0.15) is 0 Å². The summed E-state index contributed by atoms with van der Waals surface area (Å²) in [5.41, 5.74) is 14.0. The Labute approximate surface area is 352 Å². The Balaban J connectivity index is 1.03. The molecular weight excluding hydrogens is 737 g/mol. The number of aromatic nitrogens is 2. The van der Waals surface area contributed by atoms with Crippen LogP contribution in [-0.2, 0) is 0 Å². The maximum atomic E-state index is 5.14. The minimum Gasteiger partial charge on any atom is -0.292 e. The topological polar surface area (TPSA) is 17.3 Å². The first-order valence-corrected chi connectivity index (χ1v) is 21.0. The summed E-state index contributed by atoms with van der Waals surface area (Å²) >= 11 is 0.